The van der Waals surface area contributed by atoms with Gasteiger partial charge in [-0.05, 0) is 0 Å². The maximum Gasteiger partial charge on any atom is 2.00 e. The van der Waals surface area contributed by atoms with Gasteiger partial charge in [0.15, 0.2) is 0 Å². The molecule has 0 saturated heterocycles. The van der Waals surface area contributed by atoms with Crippen molar-refractivity contribution in [3.8, 4) is 0 Å². The van der Waals surface area contributed by atoms with Gasteiger partial charge in [-0.3, -0.25) is 5.41 Å². The fraction of sp³-hybridized carbons (Fsp3) is 0.800. The third kappa shape index (κ3) is 15.8. The predicted molar refractivity (Wildman–Crippen MR) is 28.6 cm³/mol. The molecule has 0 aliphatic rings. The third-order valence-corrected chi connectivity index (χ3v) is 0.399. The van der Waals surface area contributed by atoms with E-state index < -0.39 is 11.7 Å². The second-order valence-corrected chi connectivity index (χ2v) is 2.50. The van der Waals surface area contributed by atoms with Crippen molar-refractivity contribution in [3.63, 3.8) is 0 Å². The zero-order valence-corrected chi connectivity index (χ0v) is 11.5. The van der Waals surface area contributed by atoms with Gasteiger partial charge >= 0.3 is 19.5 Å². The van der Waals surface area contributed by atoms with E-state index in [-0.39, 0.29) is 43.5 Å². The van der Waals surface area contributed by atoms with Crippen LogP contribution in [-0.4, -0.2) is 11.7 Å². The average Bonchev–Trinajstić information content (AvgIpc) is 1.21. The minimum atomic E-state index is -0.975. The van der Waals surface area contributed by atoms with Gasteiger partial charge in [-0.2, -0.15) is 0 Å². The molecule has 0 amide bonds. The second kappa shape index (κ2) is 6.34. The van der Waals surface area contributed by atoms with Crippen LogP contribution in [0.4, 0.5) is 0 Å². The summed E-state index contributed by atoms with van der Waals surface area (Å²) in [5.41, 5.74) is -0.515. The molecule has 0 spiro atoms. The van der Waals surface area contributed by atoms with Crippen molar-refractivity contribution in [2.45, 2.75) is 26.4 Å². The molecule has 0 saturated carbocycles. The molecular weight excluding hydrogens is 298 g/mol. The van der Waals surface area contributed by atoms with E-state index in [4.69, 9.17) is 5.41 Å². The van der Waals surface area contributed by atoms with Crippen molar-refractivity contribution in [2.24, 2.45) is 0 Å². The normalized spacial score (nSPS) is 8.70. The summed E-state index contributed by atoms with van der Waals surface area (Å²) >= 11 is 0. The van der Waals surface area contributed by atoms with Crippen molar-refractivity contribution >= 4 is 6.08 Å². The molecule has 0 unspecified atom stereocenters. The van der Waals surface area contributed by atoms with E-state index in [1.54, 1.807) is 20.8 Å². The first-order chi connectivity index (χ1) is 3.42. The Labute approximate surface area is 90.8 Å². The van der Waals surface area contributed by atoms with E-state index in [0.29, 0.717) is 0 Å². The summed E-state index contributed by atoms with van der Waals surface area (Å²) in [4.78, 5) is 0. The zero-order valence-electron chi connectivity index (χ0n) is 6.40. The largest absolute Gasteiger partial charge is 2.00 e. The zero-order chi connectivity index (χ0) is 6.78. The Hall–Kier alpha value is 0.623. The Balaban J connectivity index is -0.000000245. The maximum atomic E-state index is 9.90. The van der Waals surface area contributed by atoms with Crippen molar-refractivity contribution in [3.05, 3.63) is 0 Å². The van der Waals surface area contributed by atoms with E-state index in [1.165, 1.54) is 0 Å². The van der Waals surface area contributed by atoms with E-state index >= 15 is 0 Å². The van der Waals surface area contributed by atoms with Gasteiger partial charge in [-0.1, -0.05) is 20.8 Å². The third-order valence-electron chi connectivity index (χ3n) is 0.399. The first-order valence-electron chi connectivity index (χ1n) is 2.36. The fourth-order valence-electron chi connectivity index (χ4n) is 0.278. The van der Waals surface area contributed by atoms with Crippen LogP contribution in [0.1, 0.15) is 20.8 Å². The van der Waals surface area contributed by atoms with Crippen LogP contribution in [0.15, 0.2) is 0 Å². The van der Waals surface area contributed by atoms with Gasteiger partial charge in [0.05, 0.1) is 0 Å². The Morgan fingerprint density at radius 3 is 1.70 bits per heavy atom. The summed E-state index contributed by atoms with van der Waals surface area (Å²) in [5, 5.41) is 16.3. The van der Waals surface area contributed by atoms with Gasteiger partial charge in [0.2, 0.25) is 0 Å². The minimum Gasteiger partial charge on any atom is -1.00 e. The van der Waals surface area contributed by atoms with Gasteiger partial charge < -0.3 is 33.8 Å². The summed E-state index contributed by atoms with van der Waals surface area (Å²) < 4.78 is 4.47. The number of hydrogen-bond acceptors (Lipinski definition) is 3. The standard InChI is InChI=1S/C5H11NO2.HI.Zn/c1-5(2,3)8-4(6)7;;/h1-3H3,(H2,6,7);1H;/q;;+2/p-2. The summed E-state index contributed by atoms with van der Waals surface area (Å²) in [6, 6.07) is 0. The van der Waals surface area contributed by atoms with Crippen LogP contribution in [0.2, 0.25) is 0 Å². The molecule has 0 aliphatic heterocycles. The predicted octanol–water partition coefficient (Wildman–Crippen LogP) is -2.90. The van der Waals surface area contributed by atoms with Crippen LogP contribution in [0, 0.1) is 5.41 Å². The second-order valence-electron chi connectivity index (χ2n) is 2.50. The number of nitrogens with one attached hydrogen (secondary N) is 1. The van der Waals surface area contributed by atoms with E-state index in [1.807, 2.05) is 0 Å². The van der Waals surface area contributed by atoms with Gasteiger partial charge in [0.1, 0.15) is 6.08 Å². The van der Waals surface area contributed by atoms with Crippen LogP contribution in [0.3, 0.4) is 0 Å². The minimum absolute atomic E-state index is 0. The molecule has 0 bridgehead atoms. The smallest absolute Gasteiger partial charge is 1.00 e. The summed E-state index contributed by atoms with van der Waals surface area (Å²) in [6.45, 7) is 5.16. The van der Waals surface area contributed by atoms with Crippen LogP contribution in [-0.2, 0) is 24.2 Å². The molecule has 1 N–H and O–H groups in total. The van der Waals surface area contributed by atoms with Crippen LogP contribution < -0.4 is 29.1 Å². The van der Waals surface area contributed by atoms with Crippen LogP contribution in [0.5, 0.6) is 0 Å². The summed E-state index contributed by atoms with van der Waals surface area (Å²) in [7, 11) is 0. The molecule has 0 aromatic carbocycles. The van der Waals surface area contributed by atoms with Gasteiger partial charge in [-0.25, -0.2) is 0 Å². The number of hydrogen-bond donors (Lipinski definition) is 1. The molecule has 0 rings (SSSR count). The first kappa shape index (κ1) is 16.9. The molecule has 0 aliphatic carbocycles. The van der Waals surface area contributed by atoms with Gasteiger partial charge in [0, 0.05) is 5.60 Å². The molecule has 3 nitrogen and oxygen atoms in total. The SMILES string of the molecule is CC(C)(C)OC(=N)[O-].[I-].[Zn+2]. The molecule has 0 heterocycles. The Morgan fingerprint density at radius 1 is 1.40 bits per heavy atom. The van der Waals surface area contributed by atoms with Gasteiger partial charge in [-0.15, -0.1) is 0 Å². The quantitative estimate of drug-likeness (QED) is 0.226. The fourth-order valence-corrected chi connectivity index (χ4v) is 0.278. The van der Waals surface area contributed by atoms with E-state index in [2.05, 4.69) is 4.74 Å². The summed E-state index contributed by atoms with van der Waals surface area (Å²) in [5.74, 6) is 0. The van der Waals surface area contributed by atoms with Crippen molar-refractivity contribution in [2.75, 3.05) is 0 Å². The Bertz CT molecular complexity index is 102. The van der Waals surface area contributed by atoms with Gasteiger partial charge in [0.25, 0.3) is 0 Å². The molecule has 0 fully saturated rings. The number of halogens is 1. The van der Waals surface area contributed by atoms with Crippen molar-refractivity contribution in [1.29, 1.82) is 5.41 Å². The molecule has 0 aromatic rings. The van der Waals surface area contributed by atoms with Crippen molar-refractivity contribution < 1.29 is 53.3 Å². The maximum absolute atomic E-state index is 9.90. The Morgan fingerprint density at radius 2 is 1.70 bits per heavy atom. The topological polar surface area (TPSA) is 56.1 Å². The molecule has 56 valence electrons. The molecule has 5 heteroatoms. The first-order valence-corrected chi connectivity index (χ1v) is 2.36. The Kier molecular flexibility index (Phi) is 10.7. The molecule has 0 radical (unpaired) electrons. The van der Waals surface area contributed by atoms with Crippen LogP contribution >= 0.6 is 0 Å². The monoisotopic (exact) mass is 307 g/mol. The molecular formula is C5H10INO2Zn. The van der Waals surface area contributed by atoms with Crippen LogP contribution in [0.25, 0.3) is 0 Å². The molecule has 10 heavy (non-hydrogen) atoms. The van der Waals surface area contributed by atoms with Crippen molar-refractivity contribution in [1.82, 2.24) is 0 Å². The number of ether oxygens (including phenoxy) is 1. The number of rotatable bonds is 0. The molecule has 0 atom stereocenters. The summed E-state index contributed by atoms with van der Waals surface area (Å²) in [6.07, 6.45) is -0.975. The van der Waals surface area contributed by atoms with E-state index in [0.717, 1.165) is 0 Å². The van der Waals surface area contributed by atoms with E-state index in [9.17, 15) is 5.11 Å². The average molecular weight is 308 g/mol. The molecule has 0 aromatic heterocycles.